The van der Waals surface area contributed by atoms with E-state index in [9.17, 15) is 4.79 Å². The van der Waals surface area contributed by atoms with Gasteiger partial charge in [-0.15, -0.1) is 11.3 Å². The molecule has 1 amide bonds. The second-order valence-corrected chi connectivity index (χ2v) is 7.75. The van der Waals surface area contributed by atoms with Crippen LogP contribution in [0.25, 0.3) is 10.2 Å². The lowest BCUT2D eigenvalue weighted by Gasteiger charge is -2.38. The van der Waals surface area contributed by atoms with Gasteiger partial charge in [0.05, 0.1) is 5.39 Å². The summed E-state index contributed by atoms with van der Waals surface area (Å²) in [4.78, 5) is 27.7. The molecule has 0 bridgehead atoms. The van der Waals surface area contributed by atoms with Crippen molar-refractivity contribution < 1.29 is 4.79 Å². The lowest BCUT2D eigenvalue weighted by molar-refractivity contribution is -0.123. The molecule has 1 aliphatic heterocycles. The Morgan fingerprint density at radius 1 is 1.15 bits per heavy atom. The third-order valence-corrected chi connectivity index (χ3v) is 5.75. The van der Waals surface area contributed by atoms with Crippen LogP contribution in [0.4, 0.5) is 5.82 Å². The molecule has 3 heterocycles. The number of benzene rings is 1. The predicted molar refractivity (Wildman–Crippen MR) is 104 cm³/mol. The number of hydrogen-bond donors (Lipinski definition) is 1. The maximum Gasteiger partial charge on any atom is 0.239 e. The number of rotatable bonds is 4. The van der Waals surface area contributed by atoms with Gasteiger partial charge in [-0.3, -0.25) is 9.69 Å². The molecule has 6 nitrogen and oxygen atoms in total. The van der Waals surface area contributed by atoms with Crippen LogP contribution in [0.2, 0.25) is 0 Å². The molecule has 1 aliphatic rings. The third kappa shape index (κ3) is 3.15. The molecule has 2 aromatic heterocycles. The Hall–Kier alpha value is -2.51. The van der Waals surface area contributed by atoms with E-state index in [0.29, 0.717) is 0 Å². The van der Waals surface area contributed by atoms with Crippen molar-refractivity contribution in [2.75, 3.05) is 31.1 Å². The molecular formula is C19H21N5OS. The first kappa shape index (κ1) is 16.9. The van der Waals surface area contributed by atoms with Crippen molar-refractivity contribution in [3.63, 3.8) is 0 Å². The number of aromatic nitrogens is 2. The van der Waals surface area contributed by atoms with Gasteiger partial charge in [-0.25, -0.2) is 9.97 Å². The monoisotopic (exact) mass is 367 g/mol. The molecule has 0 spiro atoms. The van der Waals surface area contributed by atoms with Crippen LogP contribution in [-0.2, 0) is 4.79 Å². The van der Waals surface area contributed by atoms with E-state index in [1.54, 1.807) is 17.7 Å². The van der Waals surface area contributed by atoms with Crippen LogP contribution in [0.5, 0.6) is 0 Å². The van der Waals surface area contributed by atoms with Gasteiger partial charge in [0.2, 0.25) is 5.91 Å². The summed E-state index contributed by atoms with van der Waals surface area (Å²) in [5.74, 6) is 0.678. The fourth-order valence-electron chi connectivity index (χ4n) is 3.60. The maximum absolute atomic E-state index is 12.1. The Kier molecular flexibility index (Phi) is 4.57. The highest BCUT2D eigenvalue weighted by atomic mass is 32.1. The third-order valence-electron chi connectivity index (χ3n) is 4.80. The van der Waals surface area contributed by atoms with E-state index in [2.05, 4.69) is 32.8 Å². The van der Waals surface area contributed by atoms with E-state index in [1.165, 1.54) is 4.88 Å². The number of thiophene rings is 1. The van der Waals surface area contributed by atoms with Gasteiger partial charge in [-0.1, -0.05) is 30.3 Å². The van der Waals surface area contributed by atoms with E-state index < -0.39 is 0 Å². The number of carbonyl (C=O) groups excluding carboxylic acids is 1. The largest absolute Gasteiger partial charge is 0.368 e. The summed E-state index contributed by atoms with van der Waals surface area (Å²) < 4.78 is 0. The molecule has 3 aromatic rings. The van der Waals surface area contributed by atoms with Crippen molar-refractivity contribution in [1.29, 1.82) is 0 Å². The van der Waals surface area contributed by atoms with Gasteiger partial charge in [0, 0.05) is 31.1 Å². The van der Waals surface area contributed by atoms with E-state index in [4.69, 9.17) is 5.73 Å². The zero-order valence-corrected chi connectivity index (χ0v) is 15.4. The molecule has 0 radical (unpaired) electrons. The van der Waals surface area contributed by atoms with Gasteiger partial charge in [0.25, 0.3) is 0 Å². The van der Waals surface area contributed by atoms with Crippen molar-refractivity contribution in [2.24, 2.45) is 5.73 Å². The number of piperazine rings is 1. The van der Waals surface area contributed by atoms with Crippen molar-refractivity contribution in [2.45, 2.75) is 13.0 Å². The minimum Gasteiger partial charge on any atom is -0.368 e. The summed E-state index contributed by atoms with van der Waals surface area (Å²) in [6.45, 7) is 5.22. The summed E-state index contributed by atoms with van der Waals surface area (Å²) in [5.41, 5.74) is 6.66. The van der Waals surface area contributed by atoms with E-state index in [1.807, 2.05) is 30.3 Å². The first-order valence-electron chi connectivity index (χ1n) is 8.68. The normalized spacial score (nSPS) is 16.7. The van der Waals surface area contributed by atoms with E-state index in [0.717, 1.165) is 47.8 Å². The molecule has 2 N–H and O–H groups in total. The zero-order valence-electron chi connectivity index (χ0n) is 14.6. The smallest absolute Gasteiger partial charge is 0.239 e. The Balaban J connectivity index is 1.54. The van der Waals surface area contributed by atoms with Crippen LogP contribution >= 0.6 is 11.3 Å². The van der Waals surface area contributed by atoms with Gasteiger partial charge in [-0.05, 0) is 18.6 Å². The molecule has 1 aromatic carbocycles. The average molecular weight is 367 g/mol. The molecule has 7 heteroatoms. The summed E-state index contributed by atoms with van der Waals surface area (Å²) in [5, 5.41) is 1.11. The van der Waals surface area contributed by atoms with Crippen molar-refractivity contribution in [3.05, 3.63) is 53.2 Å². The fraction of sp³-hybridized carbons (Fsp3) is 0.316. The lowest BCUT2D eigenvalue weighted by atomic mass is 10.0. The second kappa shape index (κ2) is 7.01. The lowest BCUT2D eigenvalue weighted by Crippen LogP contribution is -2.50. The van der Waals surface area contributed by atoms with Crippen molar-refractivity contribution in [3.8, 4) is 0 Å². The molecule has 1 saturated heterocycles. The van der Waals surface area contributed by atoms with Gasteiger partial charge in [0.15, 0.2) is 0 Å². The quantitative estimate of drug-likeness (QED) is 0.766. The first-order chi connectivity index (χ1) is 12.6. The van der Waals surface area contributed by atoms with Crippen LogP contribution in [-0.4, -0.2) is 47.0 Å². The number of aryl methyl sites for hydroxylation is 1. The summed E-state index contributed by atoms with van der Waals surface area (Å²) in [7, 11) is 0. The van der Waals surface area contributed by atoms with Gasteiger partial charge in [-0.2, -0.15) is 0 Å². The highest BCUT2D eigenvalue weighted by Gasteiger charge is 2.29. The molecule has 1 fully saturated rings. The summed E-state index contributed by atoms with van der Waals surface area (Å²) >= 11 is 1.69. The first-order valence-corrected chi connectivity index (χ1v) is 9.49. The summed E-state index contributed by atoms with van der Waals surface area (Å²) in [6, 6.07) is 11.5. The van der Waals surface area contributed by atoms with Crippen molar-refractivity contribution >= 4 is 33.3 Å². The number of primary amides is 1. The highest BCUT2D eigenvalue weighted by Crippen LogP contribution is 2.31. The van der Waals surface area contributed by atoms with Crippen LogP contribution in [0, 0.1) is 6.92 Å². The fourth-order valence-corrected chi connectivity index (χ4v) is 4.44. The average Bonchev–Trinajstić information content (AvgIpc) is 3.03. The minimum atomic E-state index is -0.382. The number of nitrogens with zero attached hydrogens (tertiary/aromatic N) is 4. The molecule has 4 rings (SSSR count). The number of nitrogens with two attached hydrogens (primary N) is 1. The Morgan fingerprint density at radius 3 is 2.58 bits per heavy atom. The van der Waals surface area contributed by atoms with Crippen LogP contribution in [0.15, 0.2) is 42.7 Å². The predicted octanol–water partition coefficient (Wildman–Crippen LogP) is 2.35. The number of fused-ring (bicyclic) bond motifs is 1. The van der Waals surface area contributed by atoms with E-state index in [-0.39, 0.29) is 11.9 Å². The SMILES string of the molecule is Cc1cc2c(N3CCN(C(C(N)=O)c4ccccc4)CC3)ncnc2s1. The molecule has 0 saturated carbocycles. The highest BCUT2D eigenvalue weighted by molar-refractivity contribution is 7.18. The standard InChI is InChI=1S/C19H21N5OS/c1-13-11-15-18(21-12-22-19(15)26-13)24-9-7-23(8-10-24)16(17(20)25)14-5-3-2-4-6-14/h2-6,11-12,16H,7-10H2,1H3,(H2,20,25). The van der Waals surface area contributed by atoms with Gasteiger partial charge in [0.1, 0.15) is 23.0 Å². The van der Waals surface area contributed by atoms with Gasteiger partial charge < -0.3 is 10.6 Å². The molecular weight excluding hydrogens is 346 g/mol. The Morgan fingerprint density at radius 2 is 1.88 bits per heavy atom. The zero-order chi connectivity index (χ0) is 18.1. The molecule has 26 heavy (non-hydrogen) atoms. The maximum atomic E-state index is 12.1. The number of anilines is 1. The van der Waals surface area contributed by atoms with Crippen LogP contribution < -0.4 is 10.6 Å². The number of hydrogen-bond acceptors (Lipinski definition) is 6. The minimum absolute atomic E-state index is 0.303. The van der Waals surface area contributed by atoms with Crippen LogP contribution in [0.1, 0.15) is 16.5 Å². The number of carbonyl (C=O) groups is 1. The number of amides is 1. The topological polar surface area (TPSA) is 75.3 Å². The molecule has 0 aliphatic carbocycles. The molecule has 1 unspecified atom stereocenters. The Bertz CT molecular complexity index is 918. The van der Waals surface area contributed by atoms with Crippen LogP contribution in [0.3, 0.4) is 0 Å². The Labute approximate surface area is 156 Å². The molecule has 1 atom stereocenters. The molecule has 134 valence electrons. The second-order valence-electron chi connectivity index (χ2n) is 6.51. The summed E-state index contributed by atoms with van der Waals surface area (Å²) in [6.07, 6.45) is 1.64. The van der Waals surface area contributed by atoms with Gasteiger partial charge >= 0.3 is 0 Å². The van der Waals surface area contributed by atoms with E-state index >= 15 is 0 Å². The van der Waals surface area contributed by atoms with Crippen molar-refractivity contribution in [1.82, 2.24) is 14.9 Å².